The Morgan fingerprint density at radius 2 is 1.66 bits per heavy atom. The fourth-order valence-electron chi connectivity index (χ4n) is 3.38. The maximum atomic E-state index is 12.9. The molecule has 196 valence electrons. The van der Waals surface area contributed by atoms with Gasteiger partial charge in [-0.05, 0) is 63.3 Å². The highest BCUT2D eigenvalue weighted by Crippen LogP contribution is 2.30. The van der Waals surface area contributed by atoms with E-state index in [0.717, 1.165) is 9.80 Å². The van der Waals surface area contributed by atoms with Crippen LogP contribution >= 0.6 is 11.8 Å². The molecule has 0 heterocycles. The average molecular weight is 511 g/mol. The summed E-state index contributed by atoms with van der Waals surface area (Å²) in [6, 6.07) is 6.56. The highest BCUT2D eigenvalue weighted by molar-refractivity contribution is 7.99. The smallest absolute Gasteiger partial charge is 0.416 e. The molecular weight excluding hydrogens is 472 g/mol. The summed E-state index contributed by atoms with van der Waals surface area (Å²) < 4.78 is 5.19. The molecule has 1 rings (SSSR count). The zero-order valence-electron chi connectivity index (χ0n) is 21.5. The van der Waals surface area contributed by atoms with E-state index in [-0.39, 0.29) is 18.2 Å². The van der Waals surface area contributed by atoms with E-state index in [0.29, 0.717) is 12.2 Å². The number of thioether (sulfide) groups is 1. The van der Waals surface area contributed by atoms with Gasteiger partial charge in [-0.3, -0.25) is 19.3 Å². The van der Waals surface area contributed by atoms with Crippen molar-refractivity contribution in [1.82, 2.24) is 10.2 Å². The first-order valence-corrected chi connectivity index (χ1v) is 12.5. The van der Waals surface area contributed by atoms with Crippen molar-refractivity contribution in [3.8, 4) is 5.75 Å². The third kappa shape index (κ3) is 10.6. The largest absolute Gasteiger partial charge is 0.508 e. The number of benzene rings is 1. The van der Waals surface area contributed by atoms with Crippen molar-refractivity contribution in [2.24, 2.45) is 23.7 Å². The predicted octanol–water partition coefficient (Wildman–Crippen LogP) is 3.99. The number of amides is 3. The molecule has 0 spiro atoms. The normalized spacial score (nSPS) is 14.1. The van der Waals surface area contributed by atoms with Crippen LogP contribution in [0, 0.1) is 23.7 Å². The highest BCUT2D eigenvalue weighted by Gasteiger charge is 2.36. The molecule has 1 aromatic rings. The molecule has 0 aliphatic heterocycles. The van der Waals surface area contributed by atoms with E-state index in [2.05, 4.69) is 5.32 Å². The number of carbonyl (C=O) groups is 4. The first-order valence-electron chi connectivity index (χ1n) is 11.5. The van der Waals surface area contributed by atoms with Gasteiger partial charge < -0.3 is 20.3 Å². The molecule has 0 saturated carbocycles. The van der Waals surface area contributed by atoms with Gasteiger partial charge in [0.05, 0.1) is 5.92 Å². The third-order valence-corrected chi connectivity index (χ3v) is 6.30. The van der Waals surface area contributed by atoms with Crippen molar-refractivity contribution in [1.29, 1.82) is 0 Å². The van der Waals surface area contributed by atoms with E-state index in [1.165, 1.54) is 18.8 Å². The van der Waals surface area contributed by atoms with Crippen LogP contribution in [0.5, 0.6) is 5.75 Å². The molecule has 0 aliphatic rings. The summed E-state index contributed by atoms with van der Waals surface area (Å²) in [6.45, 7) is 10.4. The lowest BCUT2D eigenvalue weighted by Crippen LogP contribution is -2.46. The summed E-state index contributed by atoms with van der Waals surface area (Å²) in [4.78, 5) is 51.5. The third-order valence-electron chi connectivity index (χ3n) is 5.10. The van der Waals surface area contributed by atoms with Gasteiger partial charge in [0.25, 0.3) is 0 Å². The zero-order valence-corrected chi connectivity index (χ0v) is 22.3. The molecule has 3 atom stereocenters. The van der Waals surface area contributed by atoms with Gasteiger partial charge >= 0.3 is 12.1 Å². The topological polar surface area (TPSA) is 133 Å². The Hall–Kier alpha value is -2.75. The Bertz CT molecular complexity index is 881. The molecule has 0 saturated heterocycles. The van der Waals surface area contributed by atoms with Crippen LogP contribution in [0.15, 0.2) is 29.2 Å². The predicted molar refractivity (Wildman–Crippen MR) is 134 cm³/mol. The summed E-state index contributed by atoms with van der Waals surface area (Å²) in [5, 5.41) is 21.9. The van der Waals surface area contributed by atoms with Crippen LogP contribution in [0.25, 0.3) is 0 Å². The fourth-order valence-corrected chi connectivity index (χ4v) is 4.44. The number of aliphatic carboxylic acids is 1. The molecule has 9 nitrogen and oxygen atoms in total. The second-order valence-electron chi connectivity index (χ2n) is 10.0. The van der Waals surface area contributed by atoms with Crippen LogP contribution in [0.1, 0.15) is 48.0 Å². The second kappa shape index (κ2) is 13.4. The summed E-state index contributed by atoms with van der Waals surface area (Å²) >= 11 is 1.42. The van der Waals surface area contributed by atoms with Crippen molar-refractivity contribution in [3.63, 3.8) is 0 Å². The molecule has 1 aromatic carbocycles. The Labute approximate surface area is 211 Å². The van der Waals surface area contributed by atoms with Gasteiger partial charge in [-0.25, -0.2) is 4.79 Å². The minimum Gasteiger partial charge on any atom is -0.508 e. The molecule has 35 heavy (non-hydrogen) atoms. The van der Waals surface area contributed by atoms with Gasteiger partial charge in [-0.1, -0.05) is 20.8 Å². The molecule has 1 unspecified atom stereocenters. The van der Waals surface area contributed by atoms with Crippen LogP contribution in [0.3, 0.4) is 0 Å². The van der Waals surface area contributed by atoms with E-state index < -0.39 is 47.2 Å². The summed E-state index contributed by atoms with van der Waals surface area (Å²) in [5.41, 5.74) is -0.763. The Morgan fingerprint density at radius 1 is 1.09 bits per heavy atom. The van der Waals surface area contributed by atoms with Gasteiger partial charge in [-0.2, -0.15) is 0 Å². The molecule has 0 radical (unpaired) electrons. The molecule has 0 aromatic heterocycles. The maximum absolute atomic E-state index is 12.9. The van der Waals surface area contributed by atoms with Gasteiger partial charge in [0, 0.05) is 24.2 Å². The number of hydrogen-bond acceptors (Lipinski definition) is 7. The minimum atomic E-state index is -1.30. The molecule has 3 amide bonds. The number of hydrogen-bond donors (Lipinski definition) is 3. The number of carboxylic acid groups (broad SMARTS) is 1. The minimum absolute atomic E-state index is 0.117. The number of carboxylic acids is 1. The van der Waals surface area contributed by atoms with Crippen molar-refractivity contribution in [2.75, 3.05) is 19.3 Å². The van der Waals surface area contributed by atoms with E-state index in [1.807, 2.05) is 13.8 Å². The number of nitrogens with zero attached hydrogens (tertiary/aromatic N) is 1. The molecule has 0 aliphatic carbocycles. The summed E-state index contributed by atoms with van der Waals surface area (Å²) in [5.74, 6) is -4.28. The Morgan fingerprint density at radius 3 is 2.14 bits per heavy atom. The van der Waals surface area contributed by atoms with Crippen molar-refractivity contribution in [2.45, 2.75) is 58.5 Å². The monoisotopic (exact) mass is 510 g/mol. The lowest BCUT2D eigenvalue weighted by atomic mass is 9.86. The number of carbonyl (C=O) groups excluding carboxylic acids is 3. The molecule has 3 N–H and O–H groups in total. The first kappa shape index (κ1) is 30.3. The number of ether oxygens (including phenoxy) is 1. The van der Waals surface area contributed by atoms with Crippen LogP contribution in [0.4, 0.5) is 4.79 Å². The van der Waals surface area contributed by atoms with Crippen LogP contribution in [0.2, 0.25) is 0 Å². The summed E-state index contributed by atoms with van der Waals surface area (Å²) in [6.07, 6.45) is -0.280. The lowest BCUT2D eigenvalue weighted by Gasteiger charge is -2.27. The number of rotatable bonds is 11. The number of phenols is 1. The number of imide groups is 1. The number of nitrogens with one attached hydrogen (secondary N) is 1. The van der Waals surface area contributed by atoms with Crippen molar-refractivity contribution >= 4 is 35.6 Å². The van der Waals surface area contributed by atoms with E-state index in [9.17, 15) is 29.4 Å². The molecule has 0 bridgehead atoms. The van der Waals surface area contributed by atoms with Crippen LogP contribution < -0.4 is 5.32 Å². The van der Waals surface area contributed by atoms with Crippen LogP contribution in [-0.4, -0.2) is 63.9 Å². The zero-order chi connectivity index (χ0) is 26.9. The standard InChI is InChI=1S/C25H38N2O7S/c1-15(2)12-17(14-35-19-10-8-18(28)9-11-19)20(23(31)32)21(29)26-13-16(3)22(30)27(7)24(33)34-25(4,5)6/h8-11,15-17,20,28H,12-14H2,1-7H3,(H,26,29)(H,31,32)/t16?,17-,20-/m0/s1. The number of phenolic OH excluding ortho intramolecular Hbond substituents is 1. The molecular formula is C25H38N2O7S. The Kier molecular flexibility index (Phi) is 11.6. The van der Waals surface area contributed by atoms with Gasteiger partial charge in [-0.15, -0.1) is 11.8 Å². The van der Waals surface area contributed by atoms with Gasteiger partial charge in [0.1, 0.15) is 17.3 Å². The van der Waals surface area contributed by atoms with Crippen molar-refractivity contribution < 1.29 is 34.1 Å². The molecule has 0 fully saturated rings. The van der Waals surface area contributed by atoms with E-state index in [1.54, 1.807) is 52.0 Å². The maximum Gasteiger partial charge on any atom is 0.416 e. The summed E-state index contributed by atoms with van der Waals surface area (Å²) in [7, 11) is 1.30. The SMILES string of the molecule is CC(C)C[C@@H](CSc1ccc(O)cc1)[C@H](C(=O)O)C(=O)NCC(C)C(=O)N(C)C(=O)OC(C)(C)C. The van der Waals surface area contributed by atoms with Crippen LogP contribution in [-0.2, 0) is 19.1 Å². The first-order chi connectivity index (χ1) is 16.1. The van der Waals surface area contributed by atoms with Crippen molar-refractivity contribution in [3.05, 3.63) is 24.3 Å². The quantitative estimate of drug-likeness (QED) is 0.301. The number of aromatic hydroxyl groups is 1. The van der Waals surface area contributed by atoms with Gasteiger partial charge in [0.15, 0.2) is 0 Å². The Balaban J connectivity index is 2.85. The highest BCUT2D eigenvalue weighted by atomic mass is 32.2. The molecule has 10 heteroatoms. The second-order valence-corrected chi connectivity index (χ2v) is 11.1. The lowest BCUT2D eigenvalue weighted by molar-refractivity contribution is -0.149. The van der Waals surface area contributed by atoms with Gasteiger partial charge in [0.2, 0.25) is 11.8 Å². The fraction of sp³-hybridized carbons (Fsp3) is 0.600. The van der Waals surface area contributed by atoms with E-state index >= 15 is 0 Å². The average Bonchev–Trinajstić information content (AvgIpc) is 2.74. The van der Waals surface area contributed by atoms with E-state index in [4.69, 9.17) is 4.74 Å².